The molecule has 0 unspecified atom stereocenters. The first-order valence-corrected chi connectivity index (χ1v) is 4.24. The fourth-order valence-electron chi connectivity index (χ4n) is 1.55. The van der Waals surface area contributed by atoms with Gasteiger partial charge in [-0.25, -0.2) is 5.32 Å². The molecule has 0 aromatic heterocycles. The zero-order chi connectivity index (χ0) is 8.97. The largest absolute Gasteiger partial charge is 0.480 e. The summed E-state index contributed by atoms with van der Waals surface area (Å²) < 4.78 is 0. The minimum Gasteiger partial charge on any atom is -0.480 e. The second kappa shape index (κ2) is 4.26. The van der Waals surface area contributed by atoms with Crippen molar-refractivity contribution in [3.05, 3.63) is 12.7 Å². The van der Waals surface area contributed by atoms with E-state index in [9.17, 15) is 4.79 Å². The summed E-state index contributed by atoms with van der Waals surface area (Å²) in [5.41, 5.74) is 0. The number of allylic oxidation sites excluding steroid dienone is 1. The number of carboxylic acid groups (broad SMARTS) is 1. The van der Waals surface area contributed by atoms with Gasteiger partial charge in [0, 0.05) is 6.54 Å². The topological polar surface area (TPSA) is 51.4 Å². The van der Waals surface area contributed by atoms with Gasteiger partial charge in [-0.2, -0.15) is 0 Å². The number of nitrogens with zero attached hydrogens (tertiary/aromatic N) is 1. The van der Waals surface area contributed by atoms with E-state index in [0.717, 1.165) is 12.8 Å². The summed E-state index contributed by atoms with van der Waals surface area (Å²) in [6.07, 6.45) is 4.46. The molecule has 3 heteroatoms. The maximum atomic E-state index is 10.6. The first kappa shape index (κ1) is 9.26. The Kier molecular flexibility index (Phi) is 3.29. The molecule has 1 aliphatic heterocycles. The van der Waals surface area contributed by atoms with Crippen LogP contribution in [0, 0.1) is 5.92 Å². The molecule has 1 N–H and O–H groups in total. The zero-order valence-electron chi connectivity index (χ0n) is 7.07. The number of hydrogen-bond donors (Lipinski definition) is 1. The van der Waals surface area contributed by atoms with Gasteiger partial charge in [0.25, 0.3) is 0 Å². The highest BCUT2D eigenvalue weighted by atomic mass is 16.4. The summed E-state index contributed by atoms with van der Waals surface area (Å²) in [7, 11) is 0. The third-order valence-corrected chi connectivity index (χ3v) is 2.23. The van der Waals surface area contributed by atoms with Crippen LogP contribution < -0.4 is 5.32 Å². The van der Waals surface area contributed by atoms with Crippen LogP contribution >= 0.6 is 0 Å². The zero-order valence-corrected chi connectivity index (χ0v) is 7.07. The maximum Gasteiger partial charge on any atom is 0.322 e. The molecule has 0 aliphatic carbocycles. The van der Waals surface area contributed by atoms with Gasteiger partial charge in [0.1, 0.15) is 6.04 Å². The van der Waals surface area contributed by atoms with Crippen molar-refractivity contribution in [1.82, 2.24) is 5.32 Å². The predicted octanol–water partition coefficient (Wildman–Crippen LogP) is 1.03. The molecule has 0 amide bonds. The average molecular weight is 168 g/mol. The minimum atomic E-state index is -0.788. The molecular weight excluding hydrogens is 154 g/mol. The second-order valence-corrected chi connectivity index (χ2v) is 3.17. The van der Waals surface area contributed by atoms with Crippen molar-refractivity contribution in [2.75, 3.05) is 6.54 Å². The Balaban J connectivity index is 2.39. The van der Waals surface area contributed by atoms with Gasteiger partial charge >= 0.3 is 5.97 Å². The molecule has 1 saturated heterocycles. The van der Waals surface area contributed by atoms with Crippen LogP contribution in [0.2, 0.25) is 0 Å². The first-order valence-electron chi connectivity index (χ1n) is 4.24. The standard InChI is InChI=1S/C9H14NO2/c1-2-3-7-4-5-10-8(6-7)9(11)12/h2,7-8H,1,3-6H2,(H,11,12)/t7-,8-/m1/s1. The van der Waals surface area contributed by atoms with Gasteiger partial charge in [-0.05, 0) is 25.2 Å². The van der Waals surface area contributed by atoms with Crippen LogP contribution in [0.4, 0.5) is 0 Å². The van der Waals surface area contributed by atoms with Gasteiger partial charge in [-0.3, -0.25) is 4.79 Å². The number of carboxylic acids is 1. The van der Waals surface area contributed by atoms with E-state index < -0.39 is 12.0 Å². The number of carbonyl (C=O) groups is 1. The highest BCUT2D eigenvalue weighted by Gasteiger charge is 2.26. The highest BCUT2D eigenvalue weighted by Crippen LogP contribution is 2.20. The van der Waals surface area contributed by atoms with E-state index >= 15 is 0 Å². The molecule has 2 atom stereocenters. The van der Waals surface area contributed by atoms with Crippen molar-refractivity contribution in [1.29, 1.82) is 0 Å². The van der Waals surface area contributed by atoms with Gasteiger partial charge in [0.15, 0.2) is 0 Å². The molecule has 1 aliphatic rings. The quantitative estimate of drug-likeness (QED) is 0.640. The Morgan fingerprint density at radius 2 is 2.50 bits per heavy atom. The molecule has 1 rings (SSSR count). The van der Waals surface area contributed by atoms with Gasteiger partial charge < -0.3 is 5.11 Å². The Morgan fingerprint density at radius 1 is 1.75 bits per heavy atom. The van der Waals surface area contributed by atoms with E-state index in [2.05, 4.69) is 11.9 Å². The van der Waals surface area contributed by atoms with Crippen LogP contribution in [0.5, 0.6) is 0 Å². The normalized spacial score (nSPS) is 29.7. The summed E-state index contributed by atoms with van der Waals surface area (Å²) in [6, 6.07) is -0.469. The molecule has 0 saturated carbocycles. The molecule has 0 bridgehead atoms. The van der Waals surface area contributed by atoms with Crippen molar-refractivity contribution < 1.29 is 9.90 Å². The summed E-state index contributed by atoms with van der Waals surface area (Å²) in [5, 5.41) is 12.7. The van der Waals surface area contributed by atoms with Crippen LogP contribution in [0.15, 0.2) is 12.7 Å². The van der Waals surface area contributed by atoms with E-state index in [4.69, 9.17) is 5.11 Å². The van der Waals surface area contributed by atoms with E-state index in [1.54, 1.807) is 0 Å². The second-order valence-electron chi connectivity index (χ2n) is 3.17. The minimum absolute atomic E-state index is 0.469. The van der Waals surface area contributed by atoms with Crippen LogP contribution in [-0.4, -0.2) is 23.7 Å². The molecule has 3 nitrogen and oxygen atoms in total. The summed E-state index contributed by atoms with van der Waals surface area (Å²) in [5.74, 6) is -0.315. The third kappa shape index (κ3) is 2.34. The Labute approximate surface area is 72.5 Å². The number of aliphatic carboxylic acids is 1. The molecular formula is C9H14NO2. The first-order chi connectivity index (χ1) is 5.74. The van der Waals surface area contributed by atoms with Crippen molar-refractivity contribution in [2.45, 2.75) is 25.3 Å². The molecule has 1 radical (unpaired) electrons. The molecule has 12 heavy (non-hydrogen) atoms. The van der Waals surface area contributed by atoms with Crippen LogP contribution in [-0.2, 0) is 4.79 Å². The Hall–Kier alpha value is -0.830. The Morgan fingerprint density at radius 3 is 3.08 bits per heavy atom. The summed E-state index contributed by atoms with van der Waals surface area (Å²) >= 11 is 0. The van der Waals surface area contributed by atoms with Crippen molar-refractivity contribution >= 4 is 5.97 Å². The van der Waals surface area contributed by atoms with Crippen LogP contribution in [0.3, 0.4) is 0 Å². The highest BCUT2D eigenvalue weighted by molar-refractivity contribution is 5.73. The van der Waals surface area contributed by atoms with E-state index in [1.807, 2.05) is 6.08 Å². The average Bonchev–Trinajstić information content (AvgIpc) is 2.05. The summed E-state index contributed by atoms with van der Waals surface area (Å²) in [6.45, 7) is 4.34. The van der Waals surface area contributed by atoms with E-state index in [-0.39, 0.29) is 0 Å². The van der Waals surface area contributed by atoms with Crippen molar-refractivity contribution in [3.63, 3.8) is 0 Å². The molecule has 1 heterocycles. The molecule has 67 valence electrons. The monoisotopic (exact) mass is 168 g/mol. The van der Waals surface area contributed by atoms with E-state index in [0.29, 0.717) is 18.9 Å². The maximum absolute atomic E-state index is 10.6. The van der Waals surface area contributed by atoms with Gasteiger partial charge in [-0.15, -0.1) is 6.58 Å². The van der Waals surface area contributed by atoms with Crippen LogP contribution in [0.25, 0.3) is 0 Å². The molecule has 0 aromatic carbocycles. The lowest BCUT2D eigenvalue weighted by molar-refractivity contribution is -0.140. The summed E-state index contributed by atoms with van der Waals surface area (Å²) in [4.78, 5) is 10.6. The van der Waals surface area contributed by atoms with Gasteiger partial charge in [-0.1, -0.05) is 6.08 Å². The predicted molar refractivity (Wildman–Crippen MR) is 46.0 cm³/mol. The van der Waals surface area contributed by atoms with E-state index in [1.165, 1.54) is 0 Å². The van der Waals surface area contributed by atoms with Gasteiger partial charge in [0.05, 0.1) is 0 Å². The third-order valence-electron chi connectivity index (χ3n) is 2.23. The number of piperidine rings is 1. The fourth-order valence-corrected chi connectivity index (χ4v) is 1.55. The van der Waals surface area contributed by atoms with Crippen LogP contribution in [0.1, 0.15) is 19.3 Å². The lowest BCUT2D eigenvalue weighted by atomic mass is 9.90. The fraction of sp³-hybridized carbons (Fsp3) is 0.667. The molecule has 0 aromatic rings. The SMILES string of the molecule is C=CC[C@@H]1CC[N][C@@H](C(=O)O)C1. The Bertz CT molecular complexity index is 179. The number of rotatable bonds is 3. The van der Waals surface area contributed by atoms with Crippen molar-refractivity contribution in [2.24, 2.45) is 5.92 Å². The van der Waals surface area contributed by atoms with Gasteiger partial charge in [0.2, 0.25) is 0 Å². The lowest BCUT2D eigenvalue weighted by Crippen LogP contribution is -2.38. The van der Waals surface area contributed by atoms with Crippen molar-refractivity contribution in [3.8, 4) is 0 Å². The lowest BCUT2D eigenvalue weighted by Gasteiger charge is -2.25. The molecule has 0 spiro atoms. The number of hydrogen-bond acceptors (Lipinski definition) is 1. The molecule has 1 fully saturated rings. The smallest absolute Gasteiger partial charge is 0.322 e.